The lowest BCUT2D eigenvalue weighted by atomic mass is 9.49. The van der Waals surface area contributed by atoms with Crippen LogP contribution in [0.5, 0.6) is 0 Å². The maximum atomic E-state index is 10.5. The van der Waals surface area contributed by atoms with E-state index in [1.807, 2.05) is 6.92 Å². The Balaban J connectivity index is 1.54. The zero-order valence-electron chi connectivity index (χ0n) is 15.3. The molecule has 132 valence electrons. The molecule has 0 aromatic carbocycles. The van der Waals surface area contributed by atoms with Gasteiger partial charge in [0, 0.05) is 0 Å². The number of aliphatic hydroxyl groups is 2. The Morgan fingerprint density at radius 3 is 2.35 bits per heavy atom. The number of fused-ring (bicyclic) bond motifs is 5. The third-order valence-corrected chi connectivity index (χ3v) is 8.89. The minimum absolute atomic E-state index is 0.136. The van der Waals surface area contributed by atoms with Gasteiger partial charge in [-0.1, -0.05) is 6.92 Å². The standard InChI is InChI=1S/C21H36O2/c1-13(22)18-6-7-19-17-5-4-14-12-20(2,23)10-8-15(14)16(17)9-11-21(18,19)3/h13-19,22-23H,4-12H2,1-3H3/t13?,14-,15-,16+,17+,18+,19-,20+,21+/m0/s1. The van der Waals surface area contributed by atoms with Crippen molar-refractivity contribution in [2.24, 2.45) is 40.9 Å². The quantitative estimate of drug-likeness (QED) is 0.752. The Labute approximate surface area is 142 Å². The Bertz CT molecular complexity index is 457. The number of aliphatic hydroxyl groups excluding tert-OH is 1. The molecule has 2 N–H and O–H groups in total. The average Bonchev–Trinajstić information content (AvgIpc) is 2.83. The molecule has 1 unspecified atom stereocenters. The van der Waals surface area contributed by atoms with Gasteiger partial charge in [-0.15, -0.1) is 0 Å². The number of rotatable bonds is 1. The highest BCUT2D eigenvalue weighted by Gasteiger charge is 2.58. The van der Waals surface area contributed by atoms with Crippen molar-refractivity contribution >= 4 is 0 Å². The van der Waals surface area contributed by atoms with Crippen LogP contribution in [0.3, 0.4) is 0 Å². The monoisotopic (exact) mass is 320 g/mol. The van der Waals surface area contributed by atoms with E-state index < -0.39 is 5.60 Å². The second kappa shape index (κ2) is 5.46. The van der Waals surface area contributed by atoms with E-state index in [1.54, 1.807) is 0 Å². The molecular weight excluding hydrogens is 284 g/mol. The summed E-state index contributed by atoms with van der Waals surface area (Å²) in [6, 6.07) is 0. The summed E-state index contributed by atoms with van der Waals surface area (Å²) >= 11 is 0. The predicted molar refractivity (Wildman–Crippen MR) is 92.9 cm³/mol. The molecule has 23 heavy (non-hydrogen) atoms. The van der Waals surface area contributed by atoms with E-state index in [9.17, 15) is 10.2 Å². The predicted octanol–water partition coefficient (Wildman–Crippen LogP) is 4.39. The zero-order valence-corrected chi connectivity index (χ0v) is 15.3. The largest absolute Gasteiger partial charge is 0.393 e. The van der Waals surface area contributed by atoms with Crippen molar-refractivity contribution < 1.29 is 10.2 Å². The van der Waals surface area contributed by atoms with Crippen molar-refractivity contribution in [3.63, 3.8) is 0 Å². The normalized spacial score (nSPS) is 57.3. The van der Waals surface area contributed by atoms with Crippen molar-refractivity contribution in [3.8, 4) is 0 Å². The van der Waals surface area contributed by atoms with E-state index in [1.165, 1.54) is 44.9 Å². The summed E-state index contributed by atoms with van der Waals surface area (Å²) in [5.74, 6) is 4.85. The van der Waals surface area contributed by atoms with E-state index in [4.69, 9.17) is 0 Å². The molecular formula is C21H36O2. The summed E-state index contributed by atoms with van der Waals surface area (Å²) < 4.78 is 0. The Hall–Kier alpha value is -0.0800. The van der Waals surface area contributed by atoms with Crippen LogP contribution < -0.4 is 0 Å². The summed E-state index contributed by atoms with van der Waals surface area (Å²) in [6.07, 6.45) is 11.2. The van der Waals surface area contributed by atoms with E-state index in [0.717, 1.165) is 42.4 Å². The van der Waals surface area contributed by atoms with Gasteiger partial charge in [-0.05, 0) is 113 Å². The van der Waals surface area contributed by atoms with Gasteiger partial charge in [-0.25, -0.2) is 0 Å². The van der Waals surface area contributed by atoms with Gasteiger partial charge in [-0.2, -0.15) is 0 Å². The first-order chi connectivity index (χ1) is 10.8. The summed E-state index contributed by atoms with van der Waals surface area (Å²) in [4.78, 5) is 0. The molecule has 9 atom stereocenters. The highest BCUT2D eigenvalue weighted by Crippen LogP contribution is 2.65. The number of hydrogen-bond donors (Lipinski definition) is 2. The van der Waals surface area contributed by atoms with Crippen LogP contribution in [0.25, 0.3) is 0 Å². The van der Waals surface area contributed by atoms with Gasteiger partial charge >= 0.3 is 0 Å². The lowest BCUT2D eigenvalue weighted by Crippen LogP contribution is -2.51. The summed E-state index contributed by atoms with van der Waals surface area (Å²) in [7, 11) is 0. The third-order valence-electron chi connectivity index (χ3n) is 8.89. The molecule has 0 bridgehead atoms. The Morgan fingerprint density at radius 2 is 1.61 bits per heavy atom. The van der Waals surface area contributed by atoms with Gasteiger partial charge in [0.15, 0.2) is 0 Å². The van der Waals surface area contributed by atoms with E-state index in [-0.39, 0.29) is 6.10 Å². The highest BCUT2D eigenvalue weighted by molar-refractivity contribution is 5.07. The summed E-state index contributed by atoms with van der Waals surface area (Å²) in [5.41, 5.74) is -0.00963. The van der Waals surface area contributed by atoms with Crippen LogP contribution in [0.4, 0.5) is 0 Å². The molecule has 0 radical (unpaired) electrons. The first-order valence-electron chi connectivity index (χ1n) is 10.2. The fourth-order valence-corrected chi connectivity index (χ4v) is 7.91. The molecule has 4 aliphatic carbocycles. The molecule has 0 saturated heterocycles. The molecule has 4 rings (SSSR count). The molecule has 4 saturated carbocycles. The van der Waals surface area contributed by atoms with Crippen LogP contribution >= 0.6 is 0 Å². The van der Waals surface area contributed by atoms with Crippen LogP contribution in [-0.2, 0) is 0 Å². The van der Waals surface area contributed by atoms with Gasteiger partial charge in [0.2, 0.25) is 0 Å². The highest BCUT2D eigenvalue weighted by atomic mass is 16.3. The van der Waals surface area contributed by atoms with E-state index in [2.05, 4.69) is 13.8 Å². The molecule has 2 nitrogen and oxygen atoms in total. The van der Waals surface area contributed by atoms with Crippen LogP contribution in [-0.4, -0.2) is 21.9 Å². The molecule has 4 fully saturated rings. The molecule has 0 aromatic rings. The first kappa shape index (κ1) is 16.4. The van der Waals surface area contributed by atoms with Crippen LogP contribution in [0.15, 0.2) is 0 Å². The van der Waals surface area contributed by atoms with Crippen LogP contribution in [0, 0.1) is 40.9 Å². The van der Waals surface area contributed by atoms with Crippen molar-refractivity contribution in [2.45, 2.75) is 90.3 Å². The van der Waals surface area contributed by atoms with Crippen molar-refractivity contribution in [1.29, 1.82) is 0 Å². The molecule has 2 heteroatoms. The van der Waals surface area contributed by atoms with Crippen molar-refractivity contribution in [3.05, 3.63) is 0 Å². The number of hydrogen-bond acceptors (Lipinski definition) is 2. The lowest BCUT2D eigenvalue weighted by Gasteiger charge is -2.57. The van der Waals surface area contributed by atoms with Gasteiger partial charge in [0.1, 0.15) is 0 Å². The molecule has 4 aliphatic rings. The smallest absolute Gasteiger partial charge is 0.0622 e. The molecule has 0 aromatic heterocycles. The van der Waals surface area contributed by atoms with E-state index >= 15 is 0 Å². The van der Waals surface area contributed by atoms with Crippen molar-refractivity contribution in [1.82, 2.24) is 0 Å². The zero-order chi connectivity index (χ0) is 16.4. The SMILES string of the molecule is CC(O)[C@H]1CC[C@H]2[C@@H]3CC[C@H]4C[C@](C)(O)CC[C@@H]4[C@H]3CC[C@]12C. The molecule has 0 amide bonds. The Morgan fingerprint density at radius 1 is 0.870 bits per heavy atom. The van der Waals surface area contributed by atoms with Gasteiger partial charge in [-0.3, -0.25) is 0 Å². The van der Waals surface area contributed by atoms with Gasteiger partial charge in [0.05, 0.1) is 11.7 Å². The third kappa shape index (κ3) is 2.51. The van der Waals surface area contributed by atoms with Crippen LogP contribution in [0.2, 0.25) is 0 Å². The van der Waals surface area contributed by atoms with Crippen LogP contribution in [0.1, 0.15) is 78.6 Å². The first-order valence-corrected chi connectivity index (χ1v) is 10.2. The lowest BCUT2D eigenvalue weighted by molar-refractivity contribution is -0.106. The van der Waals surface area contributed by atoms with E-state index in [0.29, 0.717) is 11.3 Å². The summed E-state index contributed by atoms with van der Waals surface area (Å²) in [5, 5.41) is 20.7. The second-order valence-electron chi connectivity index (χ2n) is 10.1. The van der Waals surface area contributed by atoms with Gasteiger partial charge < -0.3 is 10.2 Å². The fourth-order valence-electron chi connectivity index (χ4n) is 7.91. The maximum absolute atomic E-state index is 10.5. The van der Waals surface area contributed by atoms with Crippen molar-refractivity contribution in [2.75, 3.05) is 0 Å². The second-order valence-corrected chi connectivity index (χ2v) is 10.1. The minimum Gasteiger partial charge on any atom is -0.393 e. The molecule has 0 spiro atoms. The summed E-state index contributed by atoms with van der Waals surface area (Å²) in [6.45, 7) is 6.57. The minimum atomic E-state index is -0.401. The topological polar surface area (TPSA) is 40.5 Å². The maximum Gasteiger partial charge on any atom is 0.0622 e. The van der Waals surface area contributed by atoms with Gasteiger partial charge in [0.25, 0.3) is 0 Å². The average molecular weight is 321 g/mol. The fraction of sp³-hybridized carbons (Fsp3) is 1.00. The molecule has 0 heterocycles. The Kier molecular flexibility index (Phi) is 3.89. The molecule has 0 aliphatic heterocycles.